The van der Waals surface area contributed by atoms with Crippen molar-refractivity contribution in [3.63, 3.8) is 0 Å². The monoisotopic (exact) mass is 388 g/mol. The molecule has 0 fully saturated rings. The molecule has 1 aromatic heterocycles. The Labute approximate surface area is 160 Å². The summed E-state index contributed by atoms with van der Waals surface area (Å²) in [5, 5.41) is 26.7. The lowest BCUT2D eigenvalue weighted by atomic mass is 10.2. The Kier molecular flexibility index (Phi) is 5.90. The van der Waals surface area contributed by atoms with Crippen LogP contribution in [0.1, 0.15) is 5.89 Å². The Morgan fingerprint density at radius 2 is 2.04 bits per heavy atom. The number of anilines is 2. The maximum atomic E-state index is 11.0. The van der Waals surface area contributed by atoms with Crippen LogP contribution in [0.5, 0.6) is 0 Å². The zero-order valence-corrected chi connectivity index (χ0v) is 14.9. The Bertz CT molecular complexity index is 945. The summed E-state index contributed by atoms with van der Waals surface area (Å²) in [6.45, 7) is 0.499. The Morgan fingerprint density at radius 3 is 2.78 bits per heavy atom. The average molecular weight is 389 g/mol. The molecule has 0 amide bonds. The van der Waals surface area contributed by atoms with Crippen LogP contribution in [0.4, 0.5) is 17.1 Å². The van der Waals surface area contributed by atoms with Crippen molar-refractivity contribution in [2.75, 3.05) is 23.8 Å². The van der Waals surface area contributed by atoms with Gasteiger partial charge < -0.3 is 20.2 Å². The van der Waals surface area contributed by atoms with Gasteiger partial charge in [0, 0.05) is 29.3 Å². The second kappa shape index (κ2) is 8.52. The summed E-state index contributed by atoms with van der Waals surface area (Å²) in [6, 6.07) is 11.6. The third-order valence-corrected chi connectivity index (χ3v) is 3.97. The highest BCUT2D eigenvalue weighted by atomic mass is 35.5. The van der Waals surface area contributed by atoms with Crippen molar-refractivity contribution >= 4 is 28.7 Å². The molecule has 3 N–H and O–H groups in total. The minimum Gasteiger partial charge on any atom is -0.439 e. The fourth-order valence-corrected chi connectivity index (χ4v) is 2.67. The van der Waals surface area contributed by atoms with Crippen molar-refractivity contribution in [3.05, 3.63) is 69.7 Å². The average Bonchev–Trinajstić information content (AvgIpc) is 3.14. The number of aliphatic hydroxyl groups is 1. The number of oxazole rings is 1. The van der Waals surface area contributed by atoms with Gasteiger partial charge in [-0.25, -0.2) is 4.98 Å². The lowest BCUT2D eigenvalue weighted by Gasteiger charge is -2.12. The maximum Gasteiger partial charge on any atom is 0.271 e. The van der Waals surface area contributed by atoms with Gasteiger partial charge in [-0.1, -0.05) is 23.7 Å². The van der Waals surface area contributed by atoms with Gasteiger partial charge in [-0.15, -0.1) is 0 Å². The van der Waals surface area contributed by atoms with E-state index in [0.29, 0.717) is 34.6 Å². The zero-order valence-electron chi connectivity index (χ0n) is 14.2. The van der Waals surface area contributed by atoms with E-state index < -0.39 is 4.92 Å². The third kappa shape index (κ3) is 4.75. The minimum atomic E-state index is -0.469. The van der Waals surface area contributed by atoms with Crippen molar-refractivity contribution in [2.24, 2.45) is 0 Å². The highest BCUT2D eigenvalue weighted by Gasteiger charge is 2.12. The summed E-state index contributed by atoms with van der Waals surface area (Å²) in [6.07, 6.45) is 1.60. The van der Waals surface area contributed by atoms with E-state index in [1.54, 1.807) is 24.4 Å². The molecular weight excluding hydrogens is 372 g/mol. The molecule has 0 spiro atoms. The summed E-state index contributed by atoms with van der Waals surface area (Å²) < 4.78 is 5.72. The maximum absolute atomic E-state index is 11.0. The first-order chi connectivity index (χ1) is 13.1. The van der Waals surface area contributed by atoms with Crippen molar-refractivity contribution in [3.8, 4) is 11.3 Å². The van der Waals surface area contributed by atoms with E-state index in [9.17, 15) is 10.1 Å². The third-order valence-electron chi connectivity index (χ3n) is 3.73. The van der Waals surface area contributed by atoms with Gasteiger partial charge >= 0.3 is 0 Å². The largest absolute Gasteiger partial charge is 0.439 e. The fourth-order valence-electron chi connectivity index (χ4n) is 2.47. The first-order valence-electron chi connectivity index (χ1n) is 8.14. The molecule has 3 rings (SSSR count). The number of benzene rings is 2. The number of nitro benzene ring substituents is 1. The van der Waals surface area contributed by atoms with E-state index >= 15 is 0 Å². The standard InChI is InChI=1S/C18H17ClN4O4/c19-13-3-1-2-12(8-13)17-10-22-18(27-17)11-21-16-9-14(23(25)26)4-5-15(16)20-6-7-24/h1-5,8-10,20-21,24H,6-7,11H2. The predicted octanol–water partition coefficient (Wildman–Crippen LogP) is 3.92. The number of nitro groups is 1. The lowest BCUT2D eigenvalue weighted by molar-refractivity contribution is -0.384. The molecular formula is C18H17ClN4O4. The van der Waals surface area contributed by atoms with Crippen LogP contribution >= 0.6 is 11.6 Å². The summed E-state index contributed by atoms with van der Waals surface area (Å²) >= 11 is 5.99. The van der Waals surface area contributed by atoms with Crippen LogP contribution in [0.25, 0.3) is 11.3 Å². The van der Waals surface area contributed by atoms with Gasteiger partial charge in [0.2, 0.25) is 5.89 Å². The molecule has 0 saturated carbocycles. The van der Waals surface area contributed by atoms with Crippen molar-refractivity contribution in [1.82, 2.24) is 4.98 Å². The number of hydrogen-bond acceptors (Lipinski definition) is 7. The van der Waals surface area contributed by atoms with Gasteiger partial charge in [0.1, 0.15) is 0 Å². The predicted molar refractivity (Wildman–Crippen MR) is 103 cm³/mol. The molecule has 0 saturated heterocycles. The van der Waals surface area contributed by atoms with Crippen LogP contribution in [0.3, 0.4) is 0 Å². The SMILES string of the molecule is O=[N+]([O-])c1ccc(NCCO)c(NCc2ncc(-c3cccc(Cl)c3)o2)c1. The number of halogens is 1. The summed E-state index contributed by atoms with van der Waals surface area (Å²) in [7, 11) is 0. The fraction of sp³-hybridized carbons (Fsp3) is 0.167. The van der Waals surface area contributed by atoms with E-state index in [1.807, 2.05) is 12.1 Å². The van der Waals surface area contributed by atoms with Gasteiger partial charge in [-0.3, -0.25) is 10.1 Å². The molecule has 0 bridgehead atoms. The molecule has 0 aliphatic heterocycles. The number of aliphatic hydroxyl groups excluding tert-OH is 1. The Morgan fingerprint density at radius 1 is 1.19 bits per heavy atom. The number of nitrogens with zero attached hydrogens (tertiary/aromatic N) is 2. The quantitative estimate of drug-likeness (QED) is 0.396. The minimum absolute atomic E-state index is 0.0425. The van der Waals surface area contributed by atoms with Gasteiger partial charge in [-0.2, -0.15) is 0 Å². The zero-order chi connectivity index (χ0) is 19.2. The second-order valence-electron chi connectivity index (χ2n) is 5.62. The van der Waals surface area contributed by atoms with E-state index in [-0.39, 0.29) is 18.8 Å². The van der Waals surface area contributed by atoms with Gasteiger partial charge in [0.25, 0.3) is 5.69 Å². The number of nitrogens with one attached hydrogen (secondary N) is 2. The van der Waals surface area contributed by atoms with Crippen LogP contribution in [-0.2, 0) is 6.54 Å². The number of hydrogen-bond donors (Lipinski definition) is 3. The van der Waals surface area contributed by atoms with E-state index in [0.717, 1.165) is 5.56 Å². The van der Waals surface area contributed by atoms with Crippen LogP contribution in [0.15, 0.2) is 53.1 Å². The lowest BCUT2D eigenvalue weighted by Crippen LogP contribution is -2.09. The molecule has 9 heteroatoms. The molecule has 27 heavy (non-hydrogen) atoms. The smallest absolute Gasteiger partial charge is 0.271 e. The molecule has 0 unspecified atom stereocenters. The number of non-ortho nitro benzene ring substituents is 1. The van der Waals surface area contributed by atoms with Gasteiger partial charge in [0.05, 0.1) is 35.6 Å². The second-order valence-corrected chi connectivity index (χ2v) is 6.06. The van der Waals surface area contributed by atoms with Crippen molar-refractivity contribution < 1.29 is 14.4 Å². The topological polar surface area (TPSA) is 113 Å². The van der Waals surface area contributed by atoms with E-state index in [1.165, 1.54) is 12.1 Å². The summed E-state index contributed by atoms with van der Waals surface area (Å²) in [4.78, 5) is 14.8. The normalized spacial score (nSPS) is 10.6. The Balaban J connectivity index is 1.76. The van der Waals surface area contributed by atoms with E-state index in [2.05, 4.69) is 15.6 Å². The molecule has 0 atom stereocenters. The molecule has 0 aliphatic rings. The van der Waals surface area contributed by atoms with Crippen LogP contribution in [-0.4, -0.2) is 28.2 Å². The first kappa shape index (κ1) is 18.7. The van der Waals surface area contributed by atoms with Gasteiger partial charge in [-0.05, 0) is 18.2 Å². The summed E-state index contributed by atoms with van der Waals surface area (Å²) in [5.41, 5.74) is 1.91. The molecule has 2 aromatic carbocycles. The summed E-state index contributed by atoms with van der Waals surface area (Å²) in [5.74, 6) is 0.997. The number of rotatable bonds is 8. The molecule has 140 valence electrons. The molecule has 8 nitrogen and oxygen atoms in total. The number of aromatic nitrogens is 1. The molecule has 0 radical (unpaired) electrons. The Hall–Kier alpha value is -3.10. The first-order valence-corrected chi connectivity index (χ1v) is 8.52. The van der Waals surface area contributed by atoms with Crippen LogP contribution in [0, 0.1) is 10.1 Å². The highest BCUT2D eigenvalue weighted by molar-refractivity contribution is 6.30. The molecule has 0 aliphatic carbocycles. The van der Waals surface area contributed by atoms with Crippen molar-refractivity contribution in [1.29, 1.82) is 0 Å². The molecule has 3 aromatic rings. The van der Waals surface area contributed by atoms with Gasteiger partial charge in [0.15, 0.2) is 5.76 Å². The van der Waals surface area contributed by atoms with Crippen LogP contribution < -0.4 is 10.6 Å². The van der Waals surface area contributed by atoms with Crippen LogP contribution in [0.2, 0.25) is 5.02 Å². The van der Waals surface area contributed by atoms with Crippen molar-refractivity contribution in [2.45, 2.75) is 6.54 Å². The molecule has 1 heterocycles. The van der Waals surface area contributed by atoms with E-state index in [4.69, 9.17) is 21.1 Å². The highest BCUT2D eigenvalue weighted by Crippen LogP contribution is 2.28.